The molecule has 0 bridgehead atoms. The zero-order valence-corrected chi connectivity index (χ0v) is 16.4. The fourth-order valence-corrected chi connectivity index (χ4v) is 4.12. The SMILES string of the molecule is CCOC(=O)c1cc(F)cc(C)c1NC(=O)C1([N+](CC)(CC)CC)CC1. The van der Waals surface area contributed by atoms with Gasteiger partial charge in [0.1, 0.15) is 5.82 Å². The van der Waals surface area contributed by atoms with Crippen LogP contribution in [0.25, 0.3) is 0 Å². The Morgan fingerprint density at radius 2 is 1.73 bits per heavy atom. The van der Waals surface area contributed by atoms with E-state index in [4.69, 9.17) is 4.74 Å². The van der Waals surface area contributed by atoms with Gasteiger partial charge in [-0.3, -0.25) is 4.79 Å². The van der Waals surface area contributed by atoms with Gasteiger partial charge in [-0.25, -0.2) is 9.18 Å². The average molecular weight is 365 g/mol. The fraction of sp³-hybridized carbons (Fsp3) is 0.600. The molecule has 0 saturated heterocycles. The number of nitrogens with one attached hydrogen (secondary N) is 1. The van der Waals surface area contributed by atoms with E-state index in [1.165, 1.54) is 6.07 Å². The second kappa shape index (κ2) is 7.74. The zero-order chi connectivity index (χ0) is 19.5. The van der Waals surface area contributed by atoms with Crippen molar-refractivity contribution in [3.63, 3.8) is 0 Å². The van der Waals surface area contributed by atoms with Crippen LogP contribution in [-0.2, 0) is 9.53 Å². The smallest absolute Gasteiger partial charge is 0.340 e. The van der Waals surface area contributed by atoms with Gasteiger partial charge in [0.15, 0.2) is 5.54 Å². The van der Waals surface area contributed by atoms with Crippen LogP contribution in [0.4, 0.5) is 10.1 Å². The maximum atomic E-state index is 13.8. The standard InChI is InChI=1S/C20H29FN2O3/c1-6-23(7-2,8-3)20(10-11-20)19(25)22-17-14(5)12-15(21)13-16(17)18(24)26-9-4/h12-13H,6-11H2,1-5H3/p+1. The van der Waals surface area contributed by atoms with Gasteiger partial charge in [-0.1, -0.05) is 0 Å². The zero-order valence-electron chi connectivity index (χ0n) is 16.4. The fourth-order valence-electron chi connectivity index (χ4n) is 4.12. The van der Waals surface area contributed by atoms with E-state index in [0.717, 1.165) is 38.5 Å². The van der Waals surface area contributed by atoms with Crippen molar-refractivity contribution in [3.05, 3.63) is 29.1 Å². The molecule has 0 aromatic heterocycles. The molecule has 1 saturated carbocycles. The van der Waals surface area contributed by atoms with Crippen molar-refractivity contribution in [2.45, 2.75) is 53.0 Å². The van der Waals surface area contributed by atoms with Crippen LogP contribution in [0.15, 0.2) is 12.1 Å². The molecule has 5 nitrogen and oxygen atoms in total. The molecule has 0 atom stereocenters. The van der Waals surface area contributed by atoms with E-state index in [1.54, 1.807) is 13.8 Å². The number of benzene rings is 1. The number of anilines is 1. The number of ether oxygens (including phenoxy) is 1. The van der Waals surface area contributed by atoms with E-state index in [9.17, 15) is 14.0 Å². The summed E-state index contributed by atoms with van der Waals surface area (Å²) in [7, 11) is 0. The van der Waals surface area contributed by atoms with Crippen molar-refractivity contribution in [3.8, 4) is 0 Å². The summed E-state index contributed by atoms with van der Waals surface area (Å²) in [6, 6.07) is 2.45. The highest BCUT2D eigenvalue weighted by molar-refractivity contribution is 6.05. The average Bonchev–Trinajstić information content (AvgIpc) is 3.41. The molecule has 1 aromatic carbocycles. The lowest BCUT2D eigenvalue weighted by Crippen LogP contribution is -2.61. The first-order valence-electron chi connectivity index (χ1n) is 9.45. The van der Waals surface area contributed by atoms with Crippen LogP contribution in [0.5, 0.6) is 0 Å². The number of nitrogens with zero attached hydrogens (tertiary/aromatic N) is 1. The first-order chi connectivity index (χ1) is 12.3. The quantitative estimate of drug-likeness (QED) is 0.565. The van der Waals surface area contributed by atoms with Crippen LogP contribution < -0.4 is 5.32 Å². The van der Waals surface area contributed by atoms with Crippen molar-refractivity contribution in [1.82, 2.24) is 0 Å². The van der Waals surface area contributed by atoms with Crippen LogP contribution in [0, 0.1) is 12.7 Å². The summed E-state index contributed by atoms with van der Waals surface area (Å²) in [4.78, 5) is 25.5. The van der Waals surface area contributed by atoms with Gasteiger partial charge < -0.3 is 14.5 Å². The molecule has 0 unspecified atom stereocenters. The lowest BCUT2D eigenvalue weighted by atomic mass is 10.0. The van der Waals surface area contributed by atoms with E-state index >= 15 is 0 Å². The topological polar surface area (TPSA) is 55.4 Å². The highest BCUT2D eigenvalue weighted by Crippen LogP contribution is 2.48. The maximum absolute atomic E-state index is 13.8. The molecule has 1 aromatic rings. The molecule has 0 heterocycles. The van der Waals surface area contributed by atoms with Crippen molar-refractivity contribution in [2.24, 2.45) is 0 Å². The van der Waals surface area contributed by atoms with Gasteiger partial charge in [0, 0.05) is 12.8 Å². The maximum Gasteiger partial charge on any atom is 0.340 e. The third kappa shape index (κ3) is 3.34. The highest BCUT2D eigenvalue weighted by atomic mass is 19.1. The number of esters is 1. The minimum Gasteiger partial charge on any atom is -0.462 e. The second-order valence-corrected chi connectivity index (χ2v) is 6.95. The minimum atomic E-state index is -0.627. The van der Waals surface area contributed by atoms with Crippen LogP contribution in [0.2, 0.25) is 0 Å². The Labute approximate surface area is 155 Å². The molecule has 6 heteroatoms. The predicted molar refractivity (Wildman–Crippen MR) is 99.6 cm³/mol. The van der Waals surface area contributed by atoms with Gasteiger partial charge in [0.25, 0.3) is 5.91 Å². The van der Waals surface area contributed by atoms with Crippen molar-refractivity contribution in [2.75, 3.05) is 31.6 Å². The third-order valence-electron chi connectivity index (χ3n) is 5.90. The number of likely N-dealkylation sites (N-methyl/N-ethyl adjacent to an activating group) is 1. The van der Waals surface area contributed by atoms with Crippen LogP contribution in [-0.4, -0.2) is 48.1 Å². The summed E-state index contributed by atoms with van der Waals surface area (Å²) < 4.78 is 19.6. The van der Waals surface area contributed by atoms with Gasteiger partial charge in [-0.05, 0) is 52.3 Å². The highest BCUT2D eigenvalue weighted by Gasteiger charge is 2.64. The Hall–Kier alpha value is -1.95. The lowest BCUT2D eigenvalue weighted by Gasteiger charge is -2.43. The largest absolute Gasteiger partial charge is 0.462 e. The Kier molecular flexibility index (Phi) is 6.06. The number of carbonyl (C=O) groups is 2. The summed E-state index contributed by atoms with van der Waals surface area (Å²) in [6.45, 7) is 12.5. The number of carbonyl (C=O) groups excluding carboxylic acids is 2. The molecule has 0 spiro atoms. The van der Waals surface area contributed by atoms with Crippen LogP contribution in [0.1, 0.15) is 56.5 Å². The van der Waals surface area contributed by atoms with Gasteiger partial charge in [-0.2, -0.15) is 0 Å². The molecule has 0 radical (unpaired) electrons. The van der Waals surface area contributed by atoms with E-state index in [2.05, 4.69) is 26.1 Å². The first-order valence-corrected chi connectivity index (χ1v) is 9.45. The molecule has 26 heavy (non-hydrogen) atoms. The Morgan fingerprint density at radius 1 is 1.15 bits per heavy atom. The van der Waals surface area contributed by atoms with E-state index < -0.39 is 17.3 Å². The molecule has 1 N–H and O–H groups in total. The van der Waals surface area contributed by atoms with Crippen LogP contribution in [0.3, 0.4) is 0 Å². The van der Waals surface area contributed by atoms with Gasteiger partial charge >= 0.3 is 5.97 Å². The number of hydrogen-bond acceptors (Lipinski definition) is 3. The van der Waals surface area contributed by atoms with E-state index in [1.807, 2.05) is 0 Å². The monoisotopic (exact) mass is 365 g/mol. The summed E-state index contributed by atoms with van der Waals surface area (Å²) in [5.74, 6) is -1.24. The number of aryl methyl sites for hydroxylation is 1. The number of rotatable bonds is 8. The van der Waals surface area contributed by atoms with Crippen molar-refractivity contribution >= 4 is 17.6 Å². The minimum absolute atomic E-state index is 0.0658. The Bertz CT molecular complexity index is 686. The predicted octanol–water partition coefficient (Wildman–Crippen LogP) is 3.66. The van der Waals surface area contributed by atoms with Crippen LogP contribution >= 0.6 is 0 Å². The van der Waals surface area contributed by atoms with Crippen molar-refractivity contribution in [1.29, 1.82) is 0 Å². The molecule has 2 rings (SSSR count). The number of amides is 1. The summed E-state index contributed by atoms with van der Waals surface area (Å²) in [6.07, 6.45) is 1.65. The molecule has 1 amide bonds. The van der Waals surface area contributed by atoms with Gasteiger partial charge in [-0.15, -0.1) is 0 Å². The number of quaternary nitrogens is 1. The Balaban J connectivity index is 2.39. The molecule has 1 aliphatic rings. The summed E-state index contributed by atoms with van der Waals surface area (Å²) in [5.41, 5.74) is 0.462. The normalized spacial score (nSPS) is 15.5. The van der Waals surface area contributed by atoms with Gasteiger partial charge in [0.05, 0.1) is 37.5 Å². The molecular weight excluding hydrogens is 335 g/mol. The van der Waals surface area contributed by atoms with E-state index in [-0.39, 0.29) is 18.1 Å². The number of hydrogen-bond donors (Lipinski definition) is 1. The first kappa shape index (κ1) is 20.4. The molecule has 144 valence electrons. The molecule has 1 aliphatic carbocycles. The Morgan fingerprint density at radius 3 is 2.19 bits per heavy atom. The number of halogens is 1. The summed E-state index contributed by atoms with van der Waals surface area (Å²) >= 11 is 0. The molecule has 1 fully saturated rings. The molecule has 0 aliphatic heterocycles. The molecular formula is C20H30FN2O3+. The van der Waals surface area contributed by atoms with Gasteiger partial charge in [0.2, 0.25) is 0 Å². The lowest BCUT2D eigenvalue weighted by molar-refractivity contribution is -0.947. The second-order valence-electron chi connectivity index (χ2n) is 6.95. The van der Waals surface area contributed by atoms with E-state index in [0.29, 0.717) is 15.7 Å². The summed E-state index contributed by atoms with van der Waals surface area (Å²) in [5, 5.41) is 2.93. The third-order valence-corrected chi connectivity index (χ3v) is 5.90. The van der Waals surface area contributed by atoms with Crippen molar-refractivity contribution < 1.29 is 23.2 Å².